The Bertz CT molecular complexity index is 2230. The minimum absolute atomic E-state index is 0.282. The molecule has 16 heteroatoms. The molecule has 0 saturated heterocycles. The van der Waals surface area contributed by atoms with Gasteiger partial charge >= 0.3 is 0 Å². The number of thiazole rings is 2. The summed E-state index contributed by atoms with van der Waals surface area (Å²) >= 11 is 4.55. The lowest BCUT2D eigenvalue weighted by Gasteiger charge is -2.05. The van der Waals surface area contributed by atoms with Crippen molar-refractivity contribution in [1.82, 2.24) is 29.9 Å². The number of nitrogen functional groups attached to an aromatic ring is 2. The van der Waals surface area contributed by atoms with Crippen LogP contribution in [0.5, 0.6) is 0 Å². The third-order valence-electron chi connectivity index (χ3n) is 6.61. The highest BCUT2D eigenvalue weighted by Crippen LogP contribution is 2.33. The topological polar surface area (TPSA) is 180 Å². The molecule has 0 bridgehead atoms. The maximum absolute atomic E-state index is 13.2. The number of rotatable bonds is 9. The van der Waals surface area contributed by atoms with Crippen molar-refractivity contribution in [2.45, 2.75) is 13.0 Å². The molecule has 8 rings (SSSR count). The van der Waals surface area contributed by atoms with Gasteiger partial charge in [0.05, 0.1) is 12.5 Å². The summed E-state index contributed by atoms with van der Waals surface area (Å²) in [6, 6.07) is 17.8. The molecule has 0 atom stereocenters. The highest BCUT2D eigenvalue weighted by molar-refractivity contribution is 7.21. The standard InChI is InChI=1S/C16H12FN5OS.C15H13N5OS2/c17-10-4-1-3-9(7-10)8-19-16-21-13(18)12-15(22-16)24-14(20-12)11-5-2-6-23-11;16-12-11-14(23-13(18-11)10-4-1-7-21-10)20-15(19-12)17-6-5-9-3-2-8-22-9/h1-7H,8H2,(H3,18,19,21,22);1-4,7-8H,5-6H2,(H3,16,17,19,20). The van der Waals surface area contributed by atoms with Gasteiger partial charge in [-0.25, -0.2) is 24.3 Å². The Balaban J connectivity index is 0.000000150. The first-order chi connectivity index (χ1) is 23.0. The smallest absolute Gasteiger partial charge is 0.226 e. The second kappa shape index (κ2) is 13.5. The quantitative estimate of drug-likeness (QED) is 0.119. The maximum Gasteiger partial charge on any atom is 0.226 e. The summed E-state index contributed by atoms with van der Waals surface area (Å²) in [7, 11) is 0. The summed E-state index contributed by atoms with van der Waals surface area (Å²) in [5.41, 5.74) is 13.9. The Kier molecular flexibility index (Phi) is 8.68. The third kappa shape index (κ3) is 7.04. The number of nitrogens with one attached hydrogen (secondary N) is 2. The lowest BCUT2D eigenvalue weighted by Crippen LogP contribution is -2.08. The zero-order valence-electron chi connectivity index (χ0n) is 24.4. The van der Waals surface area contributed by atoms with Crippen LogP contribution in [0, 0.1) is 5.82 Å². The molecule has 7 aromatic heterocycles. The molecule has 236 valence electrons. The van der Waals surface area contributed by atoms with Crippen molar-refractivity contribution in [3.05, 3.63) is 94.8 Å². The van der Waals surface area contributed by atoms with Gasteiger partial charge in [-0.2, -0.15) is 9.97 Å². The van der Waals surface area contributed by atoms with Gasteiger partial charge in [-0.05, 0) is 59.8 Å². The summed E-state index contributed by atoms with van der Waals surface area (Å²) < 4.78 is 23.9. The van der Waals surface area contributed by atoms with Gasteiger partial charge in [-0.3, -0.25) is 0 Å². The van der Waals surface area contributed by atoms with Gasteiger partial charge in [0, 0.05) is 18.0 Å². The summed E-state index contributed by atoms with van der Waals surface area (Å²) in [6.45, 7) is 1.15. The summed E-state index contributed by atoms with van der Waals surface area (Å²) in [5.74, 6) is 2.65. The van der Waals surface area contributed by atoms with Crippen molar-refractivity contribution < 1.29 is 13.2 Å². The van der Waals surface area contributed by atoms with Crippen molar-refractivity contribution in [3.63, 3.8) is 0 Å². The molecule has 0 aliphatic carbocycles. The average molecular weight is 685 g/mol. The van der Waals surface area contributed by atoms with Crippen LogP contribution >= 0.6 is 34.0 Å². The molecule has 0 saturated carbocycles. The van der Waals surface area contributed by atoms with E-state index >= 15 is 0 Å². The van der Waals surface area contributed by atoms with Gasteiger partial charge < -0.3 is 30.9 Å². The average Bonchev–Trinajstić information content (AvgIpc) is 3.89. The number of hydrogen-bond acceptors (Lipinski definition) is 15. The second-order valence-corrected chi connectivity index (χ2v) is 12.9. The molecule has 0 aliphatic heterocycles. The van der Waals surface area contributed by atoms with Crippen LogP contribution in [-0.4, -0.2) is 36.4 Å². The van der Waals surface area contributed by atoms with E-state index in [2.05, 4.69) is 52.0 Å². The molecule has 47 heavy (non-hydrogen) atoms. The second-order valence-electron chi connectivity index (χ2n) is 9.90. The molecule has 0 amide bonds. The molecule has 0 spiro atoms. The van der Waals surface area contributed by atoms with Crippen LogP contribution in [0.2, 0.25) is 0 Å². The van der Waals surface area contributed by atoms with E-state index in [1.54, 1.807) is 36.0 Å². The predicted octanol–water partition coefficient (Wildman–Crippen LogP) is 7.32. The van der Waals surface area contributed by atoms with Crippen molar-refractivity contribution in [1.29, 1.82) is 0 Å². The summed E-state index contributed by atoms with van der Waals surface area (Å²) in [6.07, 6.45) is 4.13. The molecule has 12 nitrogen and oxygen atoms in total. The van der Waals surface area contributed by atoms with Crippen molar-refractivity contribution >= 4 is 78.2 Å². The van der Waals surface area contributed by atoms with Crippen LogP contribution in [0.15, 0.2) is 87.4 Å². The Morgan fingerprint density at radius 3 is 1.89 bits per heavy atom. The molecule has 8 aromatic rings. The molecule has 7 heterocycles. The first-order valence-corrected chi connectivity index (χ1v) is 16.7. The molecule has 0 unspecified atom stereocenters. The van der Waals surface area contributed by atoms with Gasteiger partial charge in [0.2, 0.25) is 11.9 Å². The lowest BCUT2D eigenvalue weighted by molar-refractivity contribution is 0.582. The number of thiophene rings is 1. The van der Waals surface area contributed by atoms with Crippen LogP contribution in [0.4, 0.5) is 27.9 Å². The fourth-order valence-electron chi connectivity index (χ4n) is 4.44. The molecule has 1 aromatic carbocycles. The fourth-order valence-corrected chi connectivity index (χ4v) is 6.98. The van der Waals surface area contributed by atoms with E-state index in [-0.39, 0.29) is 11.6 Å². The van der Waals surface area contributed by atoms with Crippen LogP contribution < -0.4 is 22.1 Å². The summed E-state index contributed by atoms with van der Waals surface area (Å²) in [4.78, 5) is 29.0. The zero-order valence-corrected chi connectivity index (χ0v) is 26.8. The van der Waals surface area contributed by atoms with Gasteiger partial charge in [0.1, 0.15) is 16.9 Å². The number of fused-ring (bicyclic) bond motifs is 2. The summed E-state index contributed by atoms with van der Waals surface area (Å²) in [5, 5.41) is 9.79. The highest BCUT2D eigenvalue weighted by atomic mass is 32.1. The minimum Gasteiger partial charge on any atom is -0.462 e. The van der Waals surface area contributed by atoms with Crippen LogP contribution in [0.1, 0.15) is 10.4 Å². The van der Waals surface area contributed by atoms with Crippen molar-refractivity contribution in [2.24, 2.45) is 0 Å². The SMILES string of the molecule is Nc1nc(NCCc2cccs2)nc2sc(-c3ccco3)nc12.Nc1nc(NCc2cccc(F)c2)nc2sc(-c3ccco3)nc12. The van der Waals surface area contributed by atoms with E-state index in [1.165, 1.54) is 39.7 Å². The Morgan fingerprint density at radius 1 is 0.702 bits per heavy atom. The van der Waals surface area contributed by atoms with Gasteiger partial charge in [-0.1, -0.05) is 40.9 Å². The number of benzene rings is 1. The molecule has 0 fully saturated rings. The highest BCUT2D eigenvalue weighted by Gasteiger charge is 2.15. The van der Waals surface area contributed by atoms with E-state index in [9.17, 15) is 4.39 Å². The van der Waals surface area contributed by atoms with Crippen LogP contribution in [0.25, 0.3) is 42.2 Å². The number of halogens is 1. The number of aromatic nitrogens is 6. The normalized spacial score (nSPS) is 11.1. The van der Waals surface area contributed by atoms with Crippen molar-refractivity contribution in [3.8, 4) is 21.5 Å². The molecule has 0 aliphatic rings. The zero-order chi connectivity index (χ0) is 32.2. The van der Waals surface area contributed by atoms with Crippen LogP contribution in [-0.2, 0) is 13.0 Å². The number of nitrogens with zero attached hydrogens (tertiary/aromatic N) is 6. The van der Waals surface area contributed by atoms with Gasteiger partial charge in [-0.15, -0.1) is 11.3 Å². The fraction of sp³-hybridized carbons (Fsp3) is 0.0968. The monoisotopic (exact) mass is 684 g/mol. The number of anilines is 4. The third-order valence-corrected chi connectivity index (χ3v) is 9.47. The largest absolute Gasteiger partial charge is 0.462 e. The maximum atomic E-state index is 13.2. The first kappa shape index (κ1) is 30.2. The van der Waals surface area contributed by atoms with Gasteiger partial charge in [0.15, 0.2) is 42.8 Å². The Hall–Kier alpha value is -5.45. The van der Waals surface area contributed by atoms with E-state index in [0.717, 1.165) is 28.4 Å². The number of nitrogens with two attached hydrogens (primary N) is 2. The number of furan rings is 2. The lowest BCUT2D eigenvalue weighted by atomic mass is 10.2. The molecule has 0 radical (unpaired) electrons. The van der Waals surface area contributed by atoms with Gasteiger partial charge in [0.25, 0.3) is 0 Å². The predicted molar refractivity (Wildman–Crippen MR) is 185 cm³/mol. The van der Waals surface area contributed by atoms with E-state index in [0.29, 0.717) is 56.7 Å². The number of hydrogen-bond donors (Lipinski definition) is 4. The Labute approximate surface area is 278 Å². The molecule has 6 N–H and O–H groups in total. The first-order valence-electron chi connectivity index (χ1n) is 14.2. The van der Waals surface area contributed by atoms with E-state index in [4.69, 9.17) is 20.3 Å². The minimum atomic E-state index is -0.282. The van der Waals surface area contributed by atoms with E-state index < -0.39 is 0 Å². The van der Waals surface area contributed by atoms with E-state index in [1.807, 2.05) is 30.3 Å². The molecular weight excluding hydrogens is 660 g/mol. The Morgan fingerprint density at radius 2 is 1.34 bits per heavy atom. The van der Waals surface area contributed by atoms with Crippen molar-refractivity contribution in [2.75, 3.05) is 28.6 Å². The van der Waals surface area contributed by atoms with Crippen LogP contribution in [0.3, 0.4) is 0 Å². The molecular formula is C31H25FN10O2S3.